The van der Waals surface area contributed by atoms with Gasteiger partial charge in [-0.15, -0.1) is 0 Å². The summed E-state index contributed by atoms with van der Waals surface area (Å²) in [7, 11) is 1.65. The molecule has 3 rings (SSSR count). The second-order valence-corrected chi connectivity index (χ2v) is 4.39. The topological polar surface area (TPSA) is 74.2 Å². The molecule has 102 valence electrons. The molecule has 5 heteroatoms. The average Bonchev–Trinajstić information content (AvgIpc) is 2.89. The van der Waals surface area contributed by atoms with Crippen molar-refractivity contribution in [3.05, 3.63) is 42.3 Å². The molecule has 5 nitrogen and oxygen atoms in total. The number of nitrogens with two attached hydrogens (primary N) is 1. The normalized spacial score (nSPS) is 10.9. The second-order valence-electron chi connectivity index (χ2n) is 4.39. The van der Waals surface area contributed by atoms with Crippen molar-refractivity contribution in [1.29, 1.82) is 0 Å². The van der Waals surface area contributed by atoms with Crippen molar-refractivity contribution in [3.63, 3.8) is 0 Å². The van der Waals surface area contributed by atoms with Crippen LogP contribution >= 0.6 is 0 Å². The molecule has 0 aliphatic heterocycles. The molecule has 0 aliphatic rings. The number of fused-ring (bicyclic) bond motifs is 1. The summed E-state index contributed by atoms with van der Waals surface area (Å²) in [4.78, 5) is 8.86. The Bertz CT molecular complexity index is 720. The number of ether oxygens (including phenoxy) is 1. The lowest BCUT2D eigenvalue weighted by Crippen LogP contribution is -2.02. The standard InChI is InChI=1S/C15H15N3O2/c1-19-11-4-2-10(3-5-11)12-6-7-13-15(17-12)18-14(20-13)8-9-16/h2-7H,8-9,16H2,1H3. The zero-order valence-electron chi connectivity index (χ0n) is 11.2. The Morgan fingerprint density at radius 1 is 1.10 bits per heavy atom. The fourth-order valence-corrected chi connectivity index (χ4v) is 2.02. The van der Waals surface area contributed by atoms with Crippen LogP contribution in [0.15, 0.2) is 40.8 Å². The molecule has 0 spiro atoms. The minimum absolute atomic E-state index is 0.512. The third-order valence-electron chi connectivity index (χ3n) is 3.04. The zero-order valence-corrected chi connectivity index (χ0v) is 11.2. The first-order chi connectivity index (χ1) is 9.80. The van der Waals surface area contributed by atoms with Crippen LogP contribution in [0.25, 0.3) is 22.5 Å². The van der Waals surface area contributed by atoms with Gasteiger partial charge in [0, 0.05) is 18.5 Å². The quantitative estimate of drug-likeness (QED) is 0.787. The van der Waals surface area contributed by atoms with Gasteiger partial charge in [-0.1, -0.05) is 0 Å². The van der Waals surface area contributed by atoms with E-state index in [1.807, 2.05) is 36.4 Å². The van der Waals surface area contributed by atoms with Gasteiger partial charge in [-0.25, -0.2) is 4.98 Å². The van der Waals surface area contributed by atoms with Gasteiger partial charge in [-0.05, 0) is 36.4 Å². The molecule has 2 heterocycles. The molecule has 3 aromatic rings. The molecular formula is C15H15N3O2. The summed E-state index contributed by atoms with van der Waals surface area (Å²) >= 11 is 0. The molecule has 0 unspecified atom stereocenters. The molecule has 0 bridgehead atoms. The molecule has 0 atom stereocenters. The molecule has 0 radical (unpaired) electrons. The summed E-state index contributed by atoms with van der Waals surface area (Å²) in [5.74, 6) is 1.45. The van der Waals surface area contributed by atoms with Gasteiger partial charge < -0.3 is 14.9 Å². The third kappa shape index (κ3) is 2.35. The Morgan fingerprint density at radius 3 is 2.60 bits per heavy atom. The van der Waals surface area contributed by atoms with E-state index in [1.54, 1.807) is 7.11 Å². The fraction of sp³-hybridized carbons (Fsp3) is 0.200. The predicted octanol–water partition coefficient (Wildman–Crippen LogP) is 2.40. The van der Waals surface area contributed by atoms with Crippen LogP contribution in [0.3, 0.4) is 0 Å². The van der Waals surface area contributed by atoms with E-state index in [1.165, 1.54) is 0 Å². The van der Waals surface area contributed by atoms with Gasteiger partial charge in [0.15, 0.2) is 17.1 Å². The van der Waals surface area contributed by atoms with Crippen LogP contribution in [0.1, 0.15) is 5.89 Å². The molecule has 1 aromatic carbocycles. The summed E-state index contributed by atoms with van der Waals surface area (Å²) in [6.45, 7) is 0.512. The highest BCUT2D eigenvalue weighted by molar-refractivity contribution is 5.73. The van der Waals surface area contributed by atoms with Crippen LogP contribution in [0.4, 0.5) is 0 Å². The van der Waals surface area contributed by atoms with Crippen LogP contribution in [0, 0.1) is 0 Å². The van der Waals surface area contributed by atoms with Crippen molar-refractivity contribution < 1.29 is 9.15 Å². The summed E-state index contributed by atoms with van der Waals surface area (Å²) in [5.41, 5.74) is 8.66. The molecule has 0 fully saturated rings. The number of benzene rings is 1. The average molecular weight is 269 g/mol. The maximum absolute atomic E-state index is 5.56. The van der Waals surface area contributed by atoms with Gasteiger partial charge >= 0.3 is 0 Å². The Labute approximate surface area is 116 Å². The van der Waals surface area contributed by atoms with E-state index in [-0.39, 0.29) is 0 Å². The molecule has 2 aromatic heterocycles. The van der Waals surface area contributed by atoms with E-state index in [9.17, 15) is 0 Å². The summed E-state index contributed by atoms with van der Waals surface area (Å²) in [6.07, 6.45) is 0.619. The smallest absolute Gasteiger partial charge is 0.199 e. The highest BCUT2D eigenvalue weighted by atomic mass is 16.5. The van der Waals surface area contributed by atoms with Crippen LogP contribution in [0.5, 0.6) is 5.75 Å². The van der Waals surface area contributed by atoms with Gasteiger partial charge in [0.25, 0.3) is 0 Å². The van der Waals surface area contributed by atoms with Crippen LogP contribution in [-0.4, -0.2) is 23.6 Å². The fourth-order valence-electron chi connectivity index (χ4n) is 2.02. The van der Waals surface area contributed by atoms with E-state index in [2.05, 4.69) is 9.97 Å². The number of rotatable bonds is 4. The number of oxazole rings is 1. The summed E-state index contributed by atoms with van der Waals surface area (Å²) < 4.78 is 10.7. The first-order valence-electron chi connectivity index (χ1n) is 6.41. The van der Waals surface area contributed by atoms with E-state index in [4.69, 9.17) is 14.9 Å². The van der Waals surface area contributed by atoms with E-state index >= 15 is 0 Å². The lowest BCUT2D eigenvalue weighted by molar-refractivity contribution is 0.415. The minimum atomic E-state index is 0.512. The SMILES string of the molecule is COc1ccc(-c2ccc3oc(CCN)nc3n2)cc1. The lowest BCUT2D eigenvalue weighted by Gasteiger charge is -2.02. The van der Waals surface area contributed by atoms with Crippen molar-refractivity contribution in [3.8, 4) is 17.0 Å². The molecule has 0 aliphatic carbocycles. The van der Waals surface area contributed by atoms with E-state index < -0.39 is 0 Å². The highest BCUT2D eigenvalue weighted by Crippen LogP contribution is 2.23. The van der Waals surface area contributed by atoms with E-state index in [0.717, 1.165) is 17.0 Å². The third-order valence-corrected chi connectivity index (χ3v) is 3.04. The highest BCUT2D eigenvalue weighted by Gasteiger charge is 2.08. The monoisotopic (exact) mass is 269 g/mol. The van der Waals surface area contributed by atoms with Crippen molar-refractivity contribution in [1.82, 2.24) is 9.97 Å². The molecule has 0 saturated heterocycles. The summed E-state index contributed by atoms with van der Waals surface area (Å²) in [6, 6.07) is 11.5. The zero-order chi connectivity index (χ0) is 13.9. The molecule has 2 N–H and O–H groups in total. The van der Waals surface area contributed by atoms with Crippen LogP contribution < -0.4 is 10.5 Å². The van der Waals surface area contributed by atoms with Crippen molar-refractivity contribution in [2.45, 2.75) is 6.42 Å². The number of nitrogens with zero attached hydrogens (tertiary/aromatic N) is 2. The number of aromatic nitrogens is 2. The Balaban J connectivity index is 1.98. The van der Waals surface area contributed by atoms with Gasteiger partial charge in [-0.2, -0.15) is 4.98 Å². The molecule has 0 saturated carbocycles. The molecule has 0 amide bonds. The van der Waals surface area contributed by atoms with Crippen molar-refractivity contribution in [2.75, 3.05) is 13.7 Å². The number of hydrogen-bond donors (Lipinski definition) is 1. The Kier molecular flexibility index (Phi) is 3.35. The largest absolute Gasteiger partial charge is 0.497 e. The molecule has 20 heavy (non-hydrogen) atoms. The maximum atomic E-state index is 5.56. The lowest BCUT2D eigenvalue weighted by atomic mass is 10.1. The Hall–Kier alpha value is -2.40. The van der Waals surface area contributed by atoms with Gasteiger partial charge in [0.1, 0.15) is 5.75 Å². The first kappa shape index (κ1) is 12.6. The predicted molar refractivity (Wildman–Crippen MR) is 76.6 cm³/mol. The van der Waals surface area contributed by atoms with Gasteiger partial charge in [0.05, 0.1) is 12.8 Å². The minimum Gasteiger partial charge on any atom is -0.497 e. The first-order valence-corrected chi connectivity index (χ1v) is 6.41. The second kappa shape index (κ2) is 5.30. The summed E-state index contributed by atoms with van der Waals surface area (Å²) in [5, 5.41) is 0. The van der Waals surface area contributed by atoms with Gasteiger partial charge in [-0.3, -0.25) is 0 Å². The van der Waals surface area contributed by atoms with Gasteiger partial charge in [0.2, 0.25) is 0 Å². The van der Waals surface area contributed by atoms with Crippen molar-refractivity contribution in [2.24, 2.45) is 5.73 Å². The van der Waals surface area contributed by atoms with Crippen LogP contribution in [0.2, 0.25) is 0 Å². The maximum Gasteiger partial charge on any atom is 0.199 e. The molecular weight excluding hydrogens is 254 g/mol. The van der Waals surface area contributed by atoms with Crippen molar-refractivity contribution >= 4 is 11.2 Å². The number of hydrogen-bond acceptors (Lipinski definition) is 5. The number of methoxy groups -OCH3 is 1. The number of pyridine rings is 1. The Morgan fingerprint density at radius 2 is 1.90 bits per heavy atom. The van der Waals surface area contributed by atoms with E-state index in [0.29, 0.717) is 30.1 Å². The van der Waals surface area contributed by atoms with Crippen LogP contribution in [-0.2, 0) is 6.42 Å².